The summed E-state index contributed by atoms with van der Waals surface area (Å²) in [5, 5.41) is 11.0. The van der Waals surface area contributed by atoms with E-state index in [1.165, 1.54) is 5.06 Å². The Morgan fingerprint density at radius 2 is 1.86 bits per heavy atom. The molecule has 1 fully saturated rings. The molecule has 3 nitrogen and oxygen atoms in total. The minimum Gasteiger partial charge on any atom is -0.374 e. The first-order chi connectivity index (χ1) is 6.49. The van der Waals surface area contributed by atoms with Crippen LogP contribution in [-0.4, -0.2) is 35.6 Å². The molecule has 14 heavy (non-hydrogen) atoms. The summed E-state index contributed by atoms with van der Waals surface area (Å²) in [6.45, 7) is 9.94. The summed E-state index contributed by atoms with van der Waals surface area (Å²) in [6, 6.07) is 0. The van der Waals surface area contributed by atoms with E-state index in [-0.39, 0.29) is 12.2 Å². The average Bonchev–Trinajstić information content (AvgIpc) is 2.01. The minimum absolute atomic E-state index is 0.196. The predicted octanol–water partition coefficient (Wildman–Crippen LogP) is 2.15. The Kier molecular flexibility index (Phi) is 4.35. The maximum Gasteiger partial charge on any atom is 0.0731 e. The number of hydrogen-bond donors (Lipinski definition) is 1. The lowest BCUT2D eigenvalue weighted by Crippen LogP contribution is -2.44. The van der Waals surface area contributed by atoms with E-state index < -0.39 is 0 Å². The van der Waals surface area contributed by atoms with Gasteiger partial charge in [-0.05, 0) is 32.1 Å². The van der Waals surface area contributed by atoms with E-state index in [1.807, 2.05) is 13.8 Å². The van der Waals surface area contributed by atoms with Crippen molar-refractivity contribution < 1.29 is 9.94 Å². The quantitative estimate of drug-likeness (QED) is 0.759. The van der Waals surface area contributed by atoms with Gasteiger partial charge in [0.1, 0.15) is 0 Å². The average molecular weight is 201 g/mol. The Bertz CT molecular complexity index is 169. The number of nitrogens with zero attached hydrogens (tertiary/aromatic N) is 1. The van der Waals surface area contributed by atoms with Crippen LogP contribution in [0.1, 0.15) is 34.1 Å². The minimum atomic E-state index is 0.196. The standard InChI is InChI=1S/C11H23NO2/c1-8(2)10-5-11(14-9(3)4)7-12(13)6-10/h8-11,13H,5-7H2,1-4H3. The topological polar surface area (TPSA) is 32.7 Å². The van der Waals surface area contributed by atoms with Gasteiger partial charge in [0.15, 0.2) is 0 Å². The van der Waals surface area contributed by atoms with E-state index in [0.717, 1.165) is 13.0 Å². The van der Waals surface area contributed by atoms with Crippen molar-refractivity contribution in [1.82, 2.24) is 5.06 Å². The molecule has 0 amide bonds. The van der Waals surface area contributed by atoms with E-state index in [9.17, 15) is 5.21 Å². The van der Waals surface area contributed by atoms with Crippen molar-refractivity contribution in [3.63, 3.8) is 0 Å². The van der Waals surface area contributed by atoms with Crippen molar-refractivity contribution in [2.24, 2.45) is 11.8 Å². The van der Waals surface area contributed by atoms with Gasteiger partial charge >= 0.3 is 0 Å². The van der Waals surface area contributed by atoms with Crippen molar-refractivity contribution in [2.75, 3.05) is 13.1 Å². The van der Waals surface area contributed by atoms with Crippen LogP contribution in [-0.2, 0) is 4.74 Å². The molecule has 2 atom stereocenters. The third kappa shape index (κ3) is 3.56. The van der Waals surface area contributed by atoms with Crippen molar-refractivity contribution in [1.29, 1.82) is 0 Å². The second-order valence-corrected chi connectivity index (χ2v) is 4.92. The van der Waals surface area contributed by atoms with Gasteiger partial charge in [0.2, 0.25) is 0 Å². The Morgan fingerprint density at radius 3 is 2.36 bits per heavy atom. The number of rotatable bonds is 3. The van der Waals surface area contributed by atoms with E-state index in [2.05, 4.69) is 13.8 Å². The zero-order valence-electron chi connectivity index (χ0n) is 9.73. The van der Waals surface area contributed by atoms with Crippen LogP contribution in [0.4, 0.5) is 0 Å². The summed E-state index contributed by atoms with van der Waals surface area (Å²) in [7, 11) is 0. The highest BCUT2D eigenvalue weighted by atomic mass is 16.5. The SMILES string of the molecule is CC(C)OC1CC(C(C)C)CN(O)C1. The van der Waals surface area contributed by atoms with E-state index in [1.54, 1.807) is 0 Å². The fraction of sp³-hybridized carbons (Fsp3) is 1.00. The molecule has 3 heteroatoms. The van der Waals surface area contributed by atoms with Gasteiger partial charge in [0, 0.05) is 6.54 Å². The molecule has 0 aromatic carbocycles. The second kappa shape index (κ2) is 5.10. The molecule has 1 saturated heterocycles. The molecule has 1 heterocycles. The van der Waals surface area contributed by atoms with Crippen molar-refractivity contribution >= 4 is 0 Å². The molecule has 0 aromatic heterocycles. The Morgan fingerprint density at radius 1 is 1.21 bits per heavy atom. The monoisotopic (exact) mass is 201 g/mol. The molecule has 2 unspecified atom stereocenters. The van der Waals surface area contributed by atoms with Gasteiger partial charge in [-0.3, -0.25) is 0 Å². The molecule has 0 spiro atoms. The zero-order chi connectivity index (χ0) is 10.7. The molecular weight excluding hydrogens is 178 g/mol. The number of hydroxylamine groups is 2. The fourth-order valence-electron chi connectivity index (χ4n) is 2.03. The van der Waals surface area contributed by atoms with Crippen LogP contribution in [0.15, 0.2) is 0 Å². The van der Waals surface area contributed by atoms with Gasteiger partial charge in [0.05, 0.1) is 18.8 Å². The van der Waals surface area contributed by atoms with Crippen molar-refractivity contribution in [3.8, 4) is 0 Å². The first kappa shape index (κ1) is 12.0. The van der Waals surface area contributed by atoms with Crippen molar-refractivity contribution in [2.45, 2.75) is 46.3 Å². The zero-order valence-corrected chi connectivity index (χ0v) is 9.73. The van der Waals surface area contributed by atoms with Gasteiger partial charge in [-0.1, -0.05) is 13.8 Å². The summed E-state index contributed by atoms with van der Waals surface area (Å²) in [5.41, 5.74) is 0. The largest absolute Gasteiger partial charge is 0.374 e. The van der Waals surface area contributed by atoms with Crippen LogP contribution in [0.2, 0.25) is 0 Å². The highest BCUT2D eigenvalue weighted by Crippen LogP contribution is 2.25. The summed E-state index contributed by atoms with van der Waals surface area (Å²) >= 11 is 0. The number of ether oxygens (including phenoxy) is 1. The first-order valence-corrected chi connectivity index (χ1v) is 5.58. The smallest absolute Gasteiger partial charge is 0.0731 e. The lowest BCUT2D eigenvalue weighted by Gasteiger charge is -2.36. The van der Waals surface area contributed by atoms with E-state index in [0.29, 0.717) is 18.4 Å². The summed E-state index contributed by atoms with van der Waals surface area (Å²) in [5.74, 6) is 1.17. The molecule has 0 radical (unpaired) electrons. The molecule has 0 aliphatic carbocycles. The Hall–Kier alpha value is -0.120. The van der Waals surface area contributed by atoms with E-state index in [4.69, 9.17) is 4.74 Å². The van der Waals surface area contributed by atoms with E-state index >= 15 is 0 Å². The Balaban J connectivity index is 2.45. The van der Waals surface area contributed by atoms with Gasteiger partial charge in [-0.2, -0.15) is 5.06 Å². The fourth-order valence-corrected chi connectivity index (χ4v) is 2.03. The summed E-state index contributed by atoms with van der Waals surface area (Å²) in [6.07, 6.45) is 1.52. The highest BCUT2D eigenvalue weighted by molar-refractivity contribution is 4.78. The third-order valence-electron chi connectivity index (χ3n) is 2.83. The number of hydrogen-bond acceptors (Lipinski definition) is 3. The van der Waals surface area contributed by atoms with Crippen molar-refractivity contribution in [3.05, 3.63) is 0 Å². The molecule has 1 aliphatic heterocycles. The normalized spacial score (nSPS) is 30.2. The van der Waals surface area contributed by atoms with Gasteiger partial charge in [-0.15, -0.1) is 0 Å². The second-order valence-electron chi connectivity index (χ2n) is 4.92. The molecule has 1 aliphatic rings. The maximum absolute atomic E-state index is 9.57. The summed E-state index contributed by atoms with van der Waals surface area (Å²) < 4.78 is 5.74. The van der Waals surface area contributed by atoms with Crippen LogP contribution >= 0.6 is 0 Å². The first-order valence-electron chi connectivity index (χ1n) is 5.58. The van der Waals surface area contributed by atoms with Crippen LogP contribution in [0.25, 0.3) is 0 Å². The lowest BCUT2D eigenvalue weighted by molar-refractivity contribution is -0.169. The number of piperidine rings is 1. The molecule has 0 bridgehead atoms. The molecule has 0 aromatic rings. The molecule has 0 saturated carbocycles. The van der Waals surface area contributed by atoms with Crippen LogP contribution in [0.3, 0.4) is 0 Å². The lowest BCUT2D eigenvalue weighted by atomic mass is 9.87. The van der Waals surface area contributed by atoms with Crippen LogP contribution in [0, 0.1) is 11.8 Å². The molecule has 1 N–H and O–H groups in total. The van der Waals surface area contributed by atoms with Gasteiger partial charge < -0.3 is 9.94 Å². The molecular formula is C11H23NO2. The van der Waals surface area contributed by atoms with Crippen LogP contribution < -0.4 is 0 Å². The van der Waals surface area contributed by atoms with Crippen LogP contribution in [0.5, 0.6) is 0 Å². The molecule has 84 valence electrons. The maximum atomic E-state index is 9.57. The van der Waals surface area contributed by atoms with Gasteiger partial charge in [-0.25, -0.2) is 0 Å². The molecule has 1 rings (SSSR count). The van der Waals surface area contributed by atoms with Gasteiger partial charge in [0.25, 0.3) is 0 Å². The Labute approximate surface area is 87.0 Å². The third-order valence-corrected chi connectivity index (χ3v) is 2.83. The highest BCUT2D eigenvalue weighted by Gasteiger charge is 2.29. The predicted molar refractivity (Wildman–Crippen MR) is 56.3 cm³/mol. The summed E-state index contributed by atoms with van der Waals surface area (Å²) in [4.78, 5) is 0.